The highest BCUT2D eigenvalue weighted by atomic mass is 32.2. The van der Waals surface area contributed by atoms with Crippen molar-refractivity contribution in [2.24, 2.45) is 0 Å². The predicted molar refractivity (Wildman–Crippen MR) is 46.0 cm³/mol. The number of thioether (sulfide) groups is 1. The van der Waals surface area contributed by atoms with Gasteiger partial charge in [0.25, 0.3) is 0 Å². The molecule has 0 amide bonds. The highest BCUT2D eigenvalue weighted by Crippen LogP contribution is 2.32. The van der Waals surface area contributed by atoms with Gasteiger partial charge in [-0.05, 0) is 12.1 Å². The van der Waals surface area contributed by atoms with Crippen molar-refractivity contribution in [1.29, 1.82) is 0 Å². The van der Waals surface area contributed by atoms with Crippen LogP contribution in [0.3, 0.4) is 0 Å². The van der Waals surface area contributed by atoms with Crippen LogP contribution >= 0.6 is 11.8 Å². The molecule has 0 spiro atoms. The predicted octanol–water partition coefficient (Wildman–Crippen LogP) is 2.64. The first-order chi connectivity index (χ1) is 6.20. The average Bonchev–Trinajstić information content (AvgIpc) is 2.12. The van der Waals surface area contributed by atoms with Gasteiger partial charge in [-0.15, -0.1) is 11.8 Å². The fourth-order valence-electron chi connectivity index (χ4n) is 1.29. The quantitative estimate of drug-likeness (QED) is 0.640. The minimum absolute atomic E-state index is 0.0729. The van der Waals surface area contributed by atoms with Gasteiger partial charge in [0.15, 0.2) is 17.4 Å². The van der Waals surface area contributed by atoms with Gasteiger partial charge in [-0.1, -0.05) is 0 Å². The molecular formula is C9H6F2OS. The summed E-state index contributed by atoms with van der Waals surface area (Å²) in [6.45, 7) is 0. The zero-order chi connectivity index (χ0) is 9.42. The molecule has 0 radical (unpaired) electrons. The van der Waals surface area contributed by atoms with E-state index < -0.39 is 11.6 Å². The van der Waals surface area contributed by atoms with E-state index in [9.17, 15) is 13.6 Å². The van der Waals surface area contributed by atoms with E-state index in [2.05, 4.69) is 0 Å². The zero-order valence-electron chi connectivity index (χ0n) is 6.64. The standard InChI is InChI=1S/C9H6F2OS/c10-5-1-2-7-8(9(5)11)6(12)3-4-13-7/h1-2H,3-4H2. The molecule has 1 nitrogen and oxygen atoms in total. The maximum atomic E-state index is 13.1. The SMILES string of the molecule is O=C1CCSc2ccc(F)c(F)c21. The van der Waals surface area contributed by atoms with Gasteiger partial charge in [0, 0.05) is 17.1 Å². The highest BCUT2D eigenvalue weighted by Gasteiger charge is 2.23. The molecule has 13 heavy (non-hydrogen) atoms. The number of halogens is 2. The first-order valence-electron chi connectivity index (χ1n) is 3.84. The Morgan fingerprint density at radius 1 is 1.31 bits per heavy atom. The van der Waals surface area contributed by atoms with E-state index in [1.807, 2.05) is 0 Å². The van der Waals surface area contributed by atoms with Crippen LogP contribution in [-0.2, 0) is 0 Å². The number of carbonyl (C=O) groups excluding carboxylic acids is 1. The number of benzene rings is 1. The summed E-state index contributed by atoms with van der Waals surface area (Å²) in [7, 11) is 0. The second-order valence-corrected chi connectivity index (χ2v) is 3.89. The van der Waals surface area contributed by atoms with E-state index in [0.717, 1.165) is 6.07 Å². The third kappa shape index (κ3) is 1.35. The van der Waals surface area contributed by atoms with Crippen molar-refractivity contribution in [2.75, 3.05) is 5.75 Å². The van der Waals surface area contributed by atoms with Crippen molar-refractivity contribution in [3.8, 4) is 0 Å². The molecule has 0 atom stereocenters. The van der Waals surface area contributed by atoms with Gasteiger partial charge in [0.1, 0.15) is 0 Å². The molecule has 0 aliphatic carbocycles. The molecule has 2 rings (SSSR count). The minimum atomic E-state index is -1.00. The lowest BCUT2D eigenvalue weighted by Crippen LogP contribution is -2.11. The summed E-state index contributed by atoms with van der Waals surface area (Å²) in [4.78, 5) is 11.8. The Bertz CT molecular complexity index is 376. The number of hydrogen-bond acceptors (Lipinski definition) is 2. The van der Waals surface area contributed by atoms with Gasteiger partial charge < -0.3 is 0 Å². The maximum Gasteiger partial charge on any atom is 0.170 e. The smallest absolute Gasteiger partial charge is 0.170 e. The molecule has 0 fully saturated rings. The summed E-state index contributed by atoms with van der Waals surface area (Å²) < 4.78 is 25.9. The highest BCUT2D eigenvalue weighted by molar-refractivity contribution is 7.99. The fraction of sp³-hybridized carbons (Fsp3) is 0.222. The van der Waals surface area contributed by atoms with Crippen molar-refractivity contribution in [2.45, 2.75) is 11.3 Å². The van der Waals surface area contributed by atoms with E-state index >= 15 is 0 Å². The summed E-state index contributed by atoms with van der Waals surface area (Å²) in [6.07, 6.45) is 0.290. The van der Waals surface area contributed by atoms with Crippen LogP contribution in [0.5, 0.6) is 0 Å². The molecule has 1 heterocycles. The van der Waals surface area contributed by atoms with E-state index in [-0.39, 0.29) is 17.8 Å². The molecule has 1 aromatic carbocycles. The van der Waals surface area contributed by atoms with Crippen molar-refractivity contribution >= 4 is 17.5 Å². The lowest BCUT2D eigenvalue weighted by molar-refractivity contribution is 0.0979. The van der Waals surface area contributed by atoms with Gasteiger partial charge in [-0.3, -0.25) is 4.79 Å². The van der Waals surface area contributed by atoms with E-state index in [4.69, 9.17) is 0 Å². The van der Waals surface area contributed by atoms with Crippen LogP contribution in [-0.4, -0.2) is 11.5 Å². The van der Waals surface area contributed by atoms with Crippen LogP contribution in [0.2, 0.25) is 0 Å². The monoisotopic (exact) mass is 200 g/mol. The first kappa shape index (κ1) is 8.69. The number of rotatable bonds is 0. The molecule has 4 heteroatoms. The van der Waals surface area contributed by atoms with Crippen LogP contribution in [0.15, 0.2) is 17.0 Å². The van der Waals surface area contributed by atoms with Crippen molar-refractivity contribution in [1.82, 2.24) is 0 Å². The number of fused-ring (bicyclic) bond motifs is 1. The van der Waals surface area contributed by atoms with E-state index in [1.54, 1.807) is 0 Å². The fourth-order valence-corrected chi connectivity index (χ4v) is 2.31. The van der Waals surface area contributed by atoms with Gasteiger partial charge in [-0.2, -0.15) is 0 Å². The third-order valence-corrected chi connectivity index (χ3v) is 2.98. The Morgan fingerprint density at radius 3 is 2.85 bits per heavy atom. The van der Waals surface area contributed by atoms with Crippen LogP contribution in [0.4, 0.5) is 8.78 Å². The van der Waals surface area contributed by atoms with E-state index in [0.29, 0.717) is 10.6 Å². The second-order valence-electron chi connectivity index (χ2n) is 2.76. The van der Waals surface area contributed by atoms with Gasteiger partial charge in [-0.25, -0.2) is 8.78 Å². The molecule has 0 aromatic heterocycles. The number of hydrogen-bond donors (Lipinski definition) is 0. The van der Waals surface area contributed by atoms with Crippen LogP contribution in [0.25, 0.3) is 0 Å². The largest absolute Gasteiger partial charge is 0.294 e. The van der Waals surface area contributed by atoms with Crippen molar-refractivity contribution in [3.63, 3.8) is 0 Å². The van der Waals surface area contributed by atoms with Crippen LogP contribution in [0.1, 0.15) is 16.8 Å². The van der Waals surface area contributed by atoms with Crippen LogP contribution in [0, 0.1) is 11.6 Å². The van der Waals surface area contributed by atoms with Crippen molar-refractivity contribution < 1.29 is 13.6 Å². The maximum absolute atomic E-state index is 13.1. The average molecular weight is 200 g/mol. The first-order valence-corrected chi connectivity index (χ1v) is 4.82. The summed E-state index contributed by atoms with van der Waals surface area (Å²) in [5.41, 5.74) is -0.0729. The number of carbonyl (C=O) groups is 1. The van der Waals surface area contributed by atoms with Gasteiger partial charge in [0.05, 0.1) is 5.56 Å². The summed E-state index contributed by atoms with van der Waals surface area (Å²) in [5.74, 6) is -1.60. The minimum Gasteiger partial charge on any atom is -0.294 e. The Balaban J connectivity index is 2.65. The topological polar surface area (TPSA) is 17.1 Å². The molecule has 1 aromatic rings. The number of Topliss-reactive ketones (excluding diaryl/α,β-unsaturated/α-hetero) is 1. The Hall–Kier alpha value is -0.900. The molecule has 1 aliphatic heterocycles. The Kier molecular flexibility index (Phi) is 2.07. The summed E-state index contributed by atoms with van der Waals surface area (Å²) in [6, 6.07) is 2.51. The molecule has 0 saturated carbocycles. The second kappa shape index (κ2) is 3.10. The van der Waals surface area contributed by atoms with Gasteiger partial charge >= 0.3 is 0 Å². The molecule has 0 bridgehead atoms. The molecule has 0 saturated heterocycles. The third-order valence-electron chi connectivity index (χ3n) is 1.92. The normalized spacial score (nSPS) is 15.7. The lowest BCUT2D eigenvalue weighted by atomic mass is 10.1. The van der Waals surface area contributed by atoms with Crippen LogP contribution < -0.4 is 0 Å². The van der Waals surface area contributed by atoms with E-state index in [1.165, 1.54) is 17.8 Å². The van der Waals surface area contributed by atoms with Gasteiger partial charge in [0.2, 0.25) is 0 Å². The molecule has 0 N–H and O–H groups in total. The lowest BCUT2D eigenvalue weighted by Gasteiger charge is -2.14. The Labute approximate surface area is 78.1 Å². The Morgan fingerprint density at radius 2 is 2.08 bits per heavy atom. The molecule has 0 unspecified atom stereocenters. The molecule has 1 aliphatic rings. The number of ketones is 1. The summed E-state index contributed by atoms with van der Waals surface area (Å²) in [5, 5.41) is 0. The summed E-state index contributed by atoms with van der Waals surface area (Å²) >= 11 is 1.39. The zero-order valence-corrected chi connectivity index (χ0v) is 7.46. The molecule has 68 valence electrons. The molecular weight excluding hydrogens is 194 g/mol. The van der Waals surface area contributed by atoms with Crippen molar-refractivity contribution in [3.05, 3.63) is 29.3 Å².